The van der Waals surface area contributed by atoms with E-state index in [0.29, 0.717) is 5.92 Å². The second-order valence-corrected chi connectivity index (χ2v) is 4.72. The second-order valence-electron chi connectivity index (χ2n) is 4.72. The number of fused-ring (bicyclic) bond motifs is 1. The third-order valence-corrected chi connectivity index (χ3v) is 3.89. The molecule has 0 aliphatic heterocycles. The molecular formula is C12H18O3. The number of ketones is 1. The van der Waals surface area contributed by atoms with E-state index in [1.54, 1.807) is 0 Å². The van der Waals surface area contributed by atoms with Crippen molar-refractivity contribution in [3.8, 4) is 0 Å². The lowest BCUT2D eigenvalue weighted by Crippen LogP contribution is -2.23. The normalized spacial score (nSPS) is 35.8. The van der Waals surface area contributed by atoms with Crippen LogP contribution in [0.4, 0.5) is 0 Å². The maximum absolute atomic E-state index is 12.0. The molecule has 0 aromatic heterocycles. The molecule has 0 spiro atoms. The van der Waals surface area contributed by atoms with Gasteiger partial charge in [-0.25, -0.2) is 0 Å². The number of rotatable bonds is 1. The Bertz CT molecular complexity index is 272. The van der Waals surface area contributed by atoms with Crippen molar-refractivity contribution in [2.45, 2.75) is 38.5 Å². The smallest absolute Gasteiger partial charge is 0.316 e. The number of esters is 1. The maximum Gasteiger partial charge on any atom is 0.316 e. The van der Waals surface area contributed by atoms with E-state index in [2.05, 4.69) is 4.74 Å². The average molecular weight is 210 g/mol. The molecule has 3 heteroatoms. The Kier molecular flexibility index (Phi) is 3.08. The fourth-order valence-corrected chi connectivity index (χ4v) is 3.07. The molecule has 0 N–H and O–H groups in total. The predicted molar refractivity (Wildman–Crippen MR) is 55.2 cm³/mol. The lowest BCUT2D eigenvalue weighted by atomic mass is 9.91. The minimum atomic E-state index is -0.455. The van der Waals surface area contributed by atoms with Gasteiger partial charge in [-0.3, -0.25) is 9.59 Å². The van der Waals surface area contributed by atoms with E-state index in [0.717, 1.165) is 25.7 Å². The molecule has 2 aliphatic carbocycles. The van der Waals surface area contributed by atoms with Gasteiger partial charge in [0.05, 0.1) is 7.11 Å². The lowest BCUT2D eigenvalue weighted by Gasteiger charge is -2.12. The Morgan fingerprint density at radius 2 is 2.00 bits per heavy atom. The Morgan fingerprint density at radius 3 is 2.73 bits per heavy atom. The molecule has 2 saturated carbocycles. The second kappa shape index (κ2) is 4.33. The Morgan fingerprint density at radius 1 is 1.27 bits per heavy atom. The van der Waals surface area contributed by atoms with Gasteiger partial charge in [0.1, 0.15) is 11.7 Å². The molecule has 0 saturated heterocycles. The number of hydrogen-bond donors (Lipinski definition) is 0. The summed E-state index contributed by atoms with van der Waals surface area (Å²) < 4.78 is 4.68. The van der Waals surface area contributed by atoms with Crippen LogP contribution in [0.1, 0.15) is 38.5 Å². The van der Waals surface area contributed by atoms with Crippen LogP contribution < -0.4 is 0 Å². The van der Waals surface area contributed by atoms with Crippen LogP contribution in [0.15, 0.2) is 0 Å². The van der Waals surface area contributed by atoms with Gasteiger partial charge in [0, 0.05) is 5.92 Å². The van der Waals surface area contributed by atoms with Gasteiger partial charge < -0.3 is 4.74 Å². The van der Waals surface area contributed by atoms with Crippen molar-refractivity contribution >= 4 is 11.8 Å². The van der Waals surface area contributed by atoms with Gasteiger partial charge in [0.25, 0.3) is 0 Å². The summed E-state index contributed by atoms with van der Waals surface area (Å²) in [6, 6.07) is 0. The van der Waals surface area contributed by atoms with Crippen LogP contribution in [-0.4, -0.2) is 18.9 Å². The number of hydrogen-bond acceptors (Lipinski definition) is 3. The quantitative estimate of drug-likeness (QED) is 0.490. The van der Waals surface area contributed by atoms with E-state index >= 15 is 0 Å². The van der Waals surface area contributed by atoms with Gasteiger partial charge in [-0.15, -0.1) is 0 Å². The van der Waals surface area contributed by atoms with Crippen molar-refractivity contribution in [2.75, 3.05) is 7.11 Å². The summed E-state index contributed by atoms with van der Waals surface area (Å²) in [5.74, 6) is -0.0365. The average Bonchev–Trinajstić information content (AvgIpc) is 2.44. The number of methoxy groups -OCH3 is 1. The fraction of sp³-hybridized carbons (Fsp3) is 0.833. The molecule has 84 valence electrons. The SMILES string of the molecule is COC(=O)C1CC2CCCCCC2C1=O. The van der Waals surface area contributed by atoms with Gasteiger partial charge in [-0.1, -0.05) is 19.3 Å². The van der Waals surface area contributed by atoms with Crippen molar-refractivity contribution in [3.05, 3.63) is 0 Å². The molecular weight excluding hydrogens is 192 g/mol. The van der Waals surface area contributed by atoms with Crippen LogP contribution in [0.3, 0.4) is 0 Å². The summed E-state index contributed by atoms with van der Waals surface area (Å²) in [5.41, 5.74) is 0. The largest absolute Gasteiger partial charge is 0.468 e. The number of carbonyl (C=O) groups is 2. The van der Waals surface area contributed by atoms with E-state index in [1.807, 2.05) is 0 Å². The minimum Gasteiger partial charge on any atom is -0.468 e. The van der Waals surface area contributed by atoms with Crippen LogP contribution in [0.5, 0.6) is 0 Å². The molecule has 2 fully saturated rings. The first-order valence-electron chi connectivity index (χ1n) is 5.85. The van der Waals surface area contributed by atoms with E-state index in [4.69, 9.17) is 0 Å². The topological polar surface area (TPSA) is 43.4 Å². The first kappa shape index (κ1) is 10.7. The van der Waals surface area contributed by atoms with Crippen LogP contribution >= 0.6 is 0 Å². The third-order valence-electron chi connectivity index (χ3n) is 3.89. The molecule has 3 unspecified atom stereocenters. The monoisotopic (exact) mass is 210 g/mol. The van der Waals surface area contributed by atoms with Crippen molar-refractivity contribution in [1.29, 1.82) is 0 Å². The van der Waals surface area contributed by atoms with Gasteiger partial charge in [-0.05, 0) is 25.2 Å². The highest BCUT2D eigenvalue weighted by molar-refractivity contribution is 6.01. The number of ether oxygens (including phenoxy) is 1. The predicted octanol–water partition coefficient (Wildman–Crippen LogP) is 1.94. The van der Waals surface area contributed by atoms with E-state index < -0.39 is 5.92 Å². The van der Waals surface area contributed by atoms with Gasteiger partial charge >= 0.3 is 5.97 Å². The van der Waals surface area contributed by atoms with Crippen molar-refractivity contribution in [3.63, 3.8) is 0 Å². The lowest BCUT2D eigenvalue weighted by molar-refractivity contribution is -0.148. The molecule has 0 heterocycles. The van der Waals surface area contributed by atoms with Crippen molar-refractivity contribution < 1.29 is 14.3 Å². The zero-order chi connectivity index (χ0) is 10.8. The van der Waals surface area contributed by atoms with E-state index in [1.165, 1.54) is 20.0 Å². The summed E-state index contributed by atoms with van der Waals surface area (Å²) in [7, 11) is 1.36. The Labute approximate surface area is 90.2 Å². The van der Waals surface area contributed by atoms with Crippen LogP contribution in [0.25, 0.3) is 0 Å². The first-order chi connectivity index (χ1) is 7.24. The zero-order valence-corrected chi connectivity index (χ0v) is 9.20. The summed E-state index contributed by atoms with van der Waals surface area (Å²) in [6.07, 6.45) is 6.42. The summed E-state index contributed by atoms with van der Waals surface area (Å²) >= 11 is 0. The van der Waals surface area contributed by atoms with Gasteiger partial charge in [0.2, 0.25) is 0 Å². The molecule has 0 radical (unpaired) electrons. The van der Waals surface area contributed by atoms with Gasteiger partial charge in [0.15, 0.2) is 0 Å². The van der Waals surface area contributed by atoms with E-state index in [-0.39, 0.29) is 17.7 Å². The fourth-order valence-electron chi connectivity index (χ4n) is 3.07. The highest BCUT2D eigenvalue weighted by atomic mass is 16.5. The number of carbonyl (C=O) groups excluding carboxylic acids is 2. The summed E-state index contributed by atoms with van der Waals surface area (Å²) in [5, 5.41) is 0. The standard InChI is InChI=1S/C12H18O3/c1-15-12(14)10-7-8-5-3-2-4-6-9(8)11(10)13/h8-10H,2-7H2,1H3. The zero-order valence-electron chi connectivity index (χ0n) is 9.20. The Balaban J connectivity index is 2.09. The maximum atomic E-state index is 12.0. The van der Waals surface area contributed by atoms with Crippen LogP contribution in [0.2, 0.25) is 0 Å². The molecule has 0 bridgehead atoms. The first-order valence-corrected chi connectivity index (χ1v) is 5.85. The molecule has 2 rings (SSSR count). The molecule has 0 aromatic carbocycles. The summed E-state index contributed by atoms with van der Waals surface area (Å²) in [4.78, 5) is 23.4. The van der Waals surface area contributed by atoms with Gasteiger partial charge in [-0.2, -0.15) is 0 Å². The highest BCUT2D eigenvalue weighted by Gasteiger charge is 2.45. The third kappa shape index (κ3) is 1.92. The highest BCUT2D eigenvalue weighted by Crippen LogP contribution is 2.41. The minimum absolute atomic E-state index is 0.147. The molecule has 0 aromatic rings. The Hall–Kier alpha value is -0.860. The molecule has 0 amide bonds. The molecule has 15 heavy (non-hydrogen) atoms. The van der Waals surface area contributed by atoms with Crippen LogP contribution in [-0.2, 0) is 14.3 Å². The van der Waals surface area contributed by atoms with Crippen molar-refractivity contribution in [2.24, 2.45) is 17.8 Å². The number of Topliss-reactive ketones (excluding diaryl/α,β-unsaturated/α-hetero) is 1. The summed E-state index contributed by atoms with van der Waals surface area (Å²) in [6.45, 7) is 0. The van der Waals surface area contributed by atoms with Crippen LogP contribution in [0, 0.1) is 17.8 Å². The molecule has 3 nitrogen and oxygen atoms in total. The molecule has 2 aliphatic rings. The molecule has 3 atom stereocenters. The van der Waals surface area contributed by atoms with Crippen molar-refractivity contribution in [1.82, 2.24) is 0 Å². The van der Waals surface area contributed by atoms with E-state index in [9.17, 15) is 9.59 Å².